The lowest BCUT2D eigenvalue weighted by Gasteiger charge is -2.36. The van der Waals surface area contributed by atoms with Crippen molar-refractivity contribution in [1.82, 2.24) is 14.5 Å². The van der Waals surface area contributed by atoms with E-state index in [4.69, 9.17) is 9.47 Å². The van der Waals surface area contributed by atoms with Gasteiger partial charge >= 0.3 is 0 Å². The van der Waals surface area contributed by atoms with Gasteiger partial charge in [-0.1, -0.05) is 0 Å². The Balaban J connectivity index is 1.24. The Morgan fingerprint density at radius 1 is 1.16 bits per heavy atom. The van der Waals surface area contributed by atoms with E-state index in [1.54, 1.807) is 10.9 Å². The number of ether oxygens (including phenoxy) is 2. The number of allylic oxidation sites excluding steroid dienone is 1. The first-order valence-corrected chi connectivity index (χ1v) is 12.2. The van der Waals surface area contributed by atoms with Crippen LogP contribution in [0.1, 0.15) is 43.9 Å². The molecule has 3 aliphatic heterocycles. The van der Waals surface area contributed by atoms with Crippen LogP contribution in [0, 0.1) is 0 Å². The van der Waals surface area contributed by atoms with Crippen LogP contribution in [0.3, 0.4) is 0 Å². The molecule has 3 atom stereocenters. The quantitative estimate of drug-likeness (QED) is 0.583. The first-order chi connectivity index (χ1) is 15.6. The maximum absolute atomic E-state index is 13.2. The minimum absolute atomic E-state index is 0.0380. The van der Waals surface area contributed by atoms with Crippen molar-refractivity contribution in [2.24, 2.45) is 0 Å². The first kappa shape index (κ1) is 20.0. The summed E-state index contributed by atoms with van der Waals surface area (Å²) in [7, 11) is 2.24. The molecule has 5 heterocycles. The van der Waals surface area contributed by atoms with Crippen molar-refractivity contribution < 1.29 is 9.47 Å². The fraction of sp³-hybridized carbons (Fsp3) is 0.440. The van der Waals surface area contributed by atoms with Crippen LogP contribution >= 0.6 is 11.3 Å². The average molecular weight is 450 g/mol. The van der Waals surface area contributed by atoms with Crippen LogP contribution in [0.4, 0.5) is 0 Å². The average Bonchev–Trinajstić information content (AvgIpc) is 3.45. The van der Waals surface area contributed by atoms with Crippen LogP contribution in [0.2, 0.25) is 0 Å². The lowest BCUT2D eigenvalue weighted by molar-refractivity contribution is 0.0662. The Kier molecular flexibility index (Phi) is 4.84. The third-order valence-electron chi connectivity index (χ3n) is 7.30. The van der Waals surface area contributed by atoms with E-state index in [1.807, 2.05) is 37.3 Å². The molecular weight excluding hydrogens is 422 g/mol. The minimum Gasteiger partial charge on any atom is -0.498 e. The maximum Gasteiger partial charge on any atom is 0.275 e. The molecule has 7 heteroatoms. The molecule has 6 nitrogen and oxygen atoms in total. The summed E-state index contributed by atoms with van der Waals surface area (Å²) in [4.78, 5) is 21.4. The molecule has 2 fully saturated rings. The van der Waals surface area contributed by atoms with Gasteiger partial charge in [0.1, 0.15) is 22.9 Å². The molecule has 0 amide bonds. The van der Waals surface area contributed by atoms with Gasteiger partial charge < -0.3 is 14.4 Å². The summed E-state index contributed by atoms with van der Waals surface area (Å²) < 4.78 is 14.2. The lowest BCUT2D eigenvalue weighted by Crippen LogP contribution is -2.43. The van der Waals surface area contributed by atoms with E-state index in [9.17, 15) is 4.79 Å². The summed E-state index contributed by atoms with van der Waals surface area (Å²) in [6.07, 6.45) is 7.54. The highest BCUT2D eigenvalue weighted by molar-refractivity contribution is 7.19. The molecule has 1 unspecified atom stereocenters. The summed E-state index contributed by atoms with van der Waals surface area (Å²) in [5.41, 5.74) is 2.69. The molecule has 1 aromatic carbocycles. The van der Waals surface area contributed by atoms with E-state index in [2.05, 4.69) is 16.9 Å². The van der Waals surface area contributed by atoms with Crippen LogP contribution in [-0.2, 0) is 4.74 Å². The predicted octanol–water partition coefficient (Wildman–Crippen LogP) is 4.60. The van der Waals surface area contributed by atoms with Gasteiger partial charge in [0, 0.05) is 29.0 Å². The molecule has 0 N–H and O–H groups in total. The minimum atomic E-state index is -0.0380. The molecule has 2 aromatic heterocycles. The zero-order valence-corrected chi connectivity index (χ0v) is 19.2. The van der Waals surface area contributed by atoms with E-state index < -0.39 is 0 Å². The molecule has 2 bridgehead atoms. The predicted molar refractivity (Wildman–Crippen MR) is 127 cm³/mol. The molecule has 3 aromatic rings. The number of piperidine rings is 1. The van der Waals surface area contributed by atoms with Crippen LogP contribution in [0.25, 0.3) is 21.5 Å². The Morgan fingerprint density at radius 3 is 2.59 bits per heavy atom. The second-order valence-electron chi connectivity index (χ2n) is 9.13. The standard InChI is InChI=1S/C25H27N3O3S/c1-15-21(9-10-30-15)23-13-22-24(32-23)25(29)28(14-26-22)16-5-7-19(8-6-16)31-20-11-17-3-4-18(12-20)27(17)2/h5-8,13-14,17-18,20H,3-4,9-12H2,1-2H3/t17-,18+,20?. The van der Waals surface area contributed by atoms with E-state index in [0.717, 1.165) is 46.9 Å². The third kappa shape index (κ3) is 3.35. The topological polar surface area (TPSA) is 56.6 Å². The number of thiophene rings is 1. The number of aromatic nitrogens is 2. The highest BCUT2D eigenvalue weighted by Gasteiger charge is 2.39. The summed E-state index contributed by atoms with van der Waals surface area (Å²) in [6, 6.07) is 11.1. The second-order valence-corrected chi connectivity index (χ2v) is 10.2. The summed E-state index contributed by atoms with van der Waals surface area (Å²) >= 11 is 1.50. The highest BCUT2D eigenvalue weighted by Crippen LogP contribution is 2.36. The van der Waals surface area contributed by atoms with Gasteiger partial charge in [0.05, 0.1) is 23.6 Å². The van der Waals surface area contributed by atoms with E-state index in [-0.39, 0.29) is 11.7 Å². The summed E-state index contributed by atoms with van der Waals surface area (Å²) in [5.74, 6) is 1.82. The molecule has 0 spiro atoms. The van der Waals surface area contributed by atoms with Crippen molar-refractivity contribution in [1.29, 1.82) is 0 Å². The molecule has 0 saturated carbocycles. The maximum atomic E-state index is 13.2. The van der Waals surface area contributed by atoms with Gasteiger partial charge in [-0.2, -0.15) is 0 Å². The van der Waals surface area contributed by atoms with Crippen LogP contribution in [0.5, 0.6) is 5.75 Å². The Bertz CT molecular complexity index is 1250. The largest absolute Gasteiger partial charge is 0.498 e. The van der Waals surface area contributed by atoms with Crippen molar-refractivity contribution >= 4 is 27.1 Å². The van der Waals surface area contributed by atoms with Gasteiger partial charge in [0.2, 0.25) is 0 Å². The van der Waals surface area contributed by atoms with Gasteiger partial charge in [-0.05, 0) is 70.0 Å². The highest BCUT2D eigenvalue weighted by atomic mass is 32.1. The Labute approximate surface area is 191 Å². The van der Waals surface area contributed by atoms with E-state index in [1.165, 1.54) is 29.8 Å². The number of hydrogen-bond acceptors (Lipinski definition) is 6. The molecule has 166 valence electrons. The lowest BCUT2D eigenvalue weighted by atomic mass is 10.0. The van der Waals surface area contributed by atoms with Crippen molar-refractivity contribution in [3.63, 3.8) is 0 Å². The monoisotopic (exact) mass is 449 g/mol. The fourth-order valence-corrected chi connectivity index (χ4v) is 6.61. The Morgan fingerprint density at radius 2 is 1.91 bits per heavy atom. The van der Waals surface area contributed by atoms with Crippen molar-refractivity contribution in [3.8, 4) is 11.4 Å². The Hall–Kier alpha value is -2.64. The van der Waals surface area contributed by atoms with Gasteiger partial charge in [-0.15, -0.1) is 11.3 Å². The van der Waals surface area contributed by atoms with Gasteiger partial charge in [-0.3, -0.25) is 9.36 Å². The number of benzene rings is 1. The van der Waals surface area contributed by atoms with Crippen molar-refractivity contribution in [2.45, 2.75) is 57.2 Å². The number of nitrogens with zero attached hydrogens (tertiary/aromatic N) is 3. The van der Waals surface area contributed by atoms with E-state index in [0.29, 0.717) is 23.4 Å². The number of rotatable bonds is 4. The molecule has 0 aliphatic carbocycles. The molecule has 2 saturated heterocycles. The summed E-state index contributed by atoms with van der Waals surface area (Å²) in [6.45, 7) is 2.69. The normalized spacial score (nSPS) is 25.5. The van der Waals surface area contributed by atoms with E-state index >= 15 is 0 Å². The van der Waals surface area contributed by atoms with Crippen LogP contribution in [-0.4, -0.2) is 46.3 Å². The third-order valence-corrected chi connectivity index (χ3v) is 8.48. The molecule has 32 heavy (non-hydrogen) atoms. The zero-order valence-electron chi connectivity index (χ0n) is 18.4. The second kappa shape index (κ2) is 7.74. The van der Waals surface area contributed by atoms with Crippen LogP contribution < -0.4 is 10.3 Å². The molecule has 6 rings (SSSR count). The fourth-order valence-electron chi connectivity index (χ4n) is 5.45. The molecular formula is C25H27N3O3S. The smallest absolute Gasteiger partial charge is 0.275 e. The van der Waals surface area contributed by atoms with Gasteiger partial charge in [-0.25, -0.2) is 4.98 Å². The zero-order chi connectivity index (χ0) is 21.8. The summed E-state index contributed by atoms with van der Waals surface area (Å²) in [5, 5.41) is 0. The first-order valence-electron chi connectivity index (χ1n) is 11.4. The number of fused-ring (bicyclic) bond motifs is 3. The van der Waals surface area contributed by atoms with Gasteiger partial charge in [0.25, 0.3) is 5.56 Å². The van der Waals surface area contributed by atoms with Gasteiger partial charge in [0.15, 0.2) is 0 Å². The number of hydrogen-bond donors (Lipinski definition) is 0. The molecule has 3 aliphatic rings. The SMILES string of the molecule is CC1=C(c2cc3ncn(-c4ccc(OC5C[C@H]6CC[C@@H](C5)N6C)cc4)c(=O)c3s2)CCO1. The van der Waals surface area contributed by atoms with Crippen molar-refractivity contribution in [2.75, 3.05) is 13.7 Å². The van der Waals surface area contributed by atoms with Crippen LogP contribution in [0.15, 0.2) is 47.2 Å². The van der Waals surface area contributed by atoms with Crippen molar-refractivity contribution in [3.05, 3.63) is 57.6 Å². The molecule has 0 radical (unpaired) electrons.